The molecule has 0 saturated heterocycles. The Morgan fingerprint density at radius 1 is 1.19 bits per heavy atom. The van der Waals surface area contributed by atoms with Gasteiger partial charge in [-0.25, -0.2) is 0 Å². The minimum absolute atomic E-state index is 0.0583. The van der Waals surface area contributed by atoms with E-state index in [9.17, 15) is 0 Å². The smallest absolute Gasteiger partial charge is 0.131 e. The van der Waals surface area contributed by atoms with Crippen LogP contribution in [-0.2, 0) is 12.8 Å². The van der Waals surface area contributed by atoms with Crippen molar-refractivity contribution in [3.63, 3.8) is 0 Å². The summed E-state index contributed by atoms with van der Waals surface area (Å²) >= 11 is 0. The summed E-state index contributed by atoms with van der Waals surface area (Å²) in [7, 11) is 0. The molecule has 0 saturated carbocycles. The van der Waals surface area contributed by atoms with Crippen LogP contribution in [-0.4, -0.2) is 5.60 Å². The lowest BCUT2D eigenvalue weighted by atomic mass is 9.89. The van der Waals surface area contributed by atoms with Gasteiger partial charge in [0.1, 0.15) is 11.4 Å². The molecule has 1 heterocycles. The normalized spacial score (nSPS) is 16.2. The van der Waals surface area contributed by atoms with E-state index in [0.717, 1.165) is 25.0 Å². The van der Waals surface area contributed by atoms with Gasteiger partial charge >= 0.3 is 0 Å². The fourth-order valence-corrected chi connectivity index (χ4v) is 3.04. The van der Waals surface area contributed by atoms with E-state index < -0.39 is 0 Å². The second kappa shape index (κ2) is 5.22. The zero-order chi connectivity index (χ0) is 15.0. The molecule has 2 aromatic rings. The summed E-state index contributed by atoms with van der Waals surface area (Å²) in [5.74, 6) is 1.10. The van der Waals surface area contributed by atoms with Crippen LogP contribution in [0.3, 0.4) is 0 Å². The molecule has 1 aliphatic rings. The molecule has 3 rings (SSSR count). The summed E-state index contributed by atoms with van der Waals surface area (Å²) in [5, 5.41) is 2.59. The predicted octanol–water partition coefficient (Wildman–Crippen LogP) is 5.45. The molecular weight excluding hydrogens is 256 g/mol. The average Bonchev–Trinajstić information content (AvgIpc) is 2.44. The van der Waals surface area contributed by atoms with Crippen LogP contribution in [0.25, 0.3) is 10.8 Å². The number of hydrogen-bond acceptors (Lipinski definition) is 1. The Morgan fingerprint density at radius 3 is 2.62 bits per heavy atom. The molecule has 0 aliphatic carbocycles. The molecule has 0 radical (unpaired) electrons. The summed E-state index contributed by atoms with van der Waals surface area (Å²) in [4.78, 5) is 0. The van der Waals surface area contributed by atoms with Crippen molar-refractivity contribution in [2.24, 2.45) is 0 Å². The summed E-state index contributed by atoms with van der Waals surface area (Å²) in [6.07, 6.45) is 5.50. The highest BCUT2D eigenvalue weighted by molar-refractivity contribution is 5.92. The van der Waals surface area contributed by atoms with Gasteiger partial charge in [0.15, 0.2) is 0 Å². The Balaban J connectivity index is 2.17. The number of ether oxygens (including phenoxy) is 1. The van der Waals surface area contributed by atoms with E-state index in [1.165, 1.54) is 27.5 Å². The third-order valence-electron chi connectivity index (χ3n) is 4.26. The maximum absolute atomic E-state index is 6.30. The van der Waals surface area contributed by atoms with Crippen LogP contribution in [0.5, 0.6) is 5.75 Å². The SMILES string of the molecule is CC(C)=CCc1cc2c(c3ccccc13)OC(C)(C)CC2. The van der Waals surface area contributed by atoms with Crippen molar-refractivity contribution in [1.29, 1.82) is 0 Å². The molecule has 1 aliphatic heterocycles. The van der Waals surface area contributed by atoms with Gasteiger partial charge in [0.05, 0.1) is 0 Å². The van der Waals surface area contributed by atoms with Gasteiger partial charge in [-0.15, -0.1) is 0 Å². The predicted molar refractivity (Wildman–Crippen MR) is 90.1 cm³/mol. The second-order valence-electron chi connectivity index (χ2n) is 6.92. The third kappa shape index (κ3) is 2.83. The van der Waals surface area contributed by atoms with E-state index in [1.54, 1.807) is 0 Å². The van der Waals surface area contributed by atoms with Gasteiger partial charge in [-0.05, 0) is 63.5 Å². The van der Waals surface area contributed by atoms with Crippen molar-refractivity contribution in [1.82, 2.24) is 0 Å². The van der Waals surface area contributed by atoms with Gasteiger partial charge in [0.2, 0.25) is 0 Å². The molecule has 0 bridgehead atoms. The lowest BCUT2D eigenvalue weighted by molar-refractivity contribution is 0.0868. The van der Waals surface area contributed by atoms with Gasteiger partial charge in [0.25, 0.3) is 0 Å². The van der Waals surface area contributed by atoms with Crippen LogP contribution >= 0.6 is 0 Å². The van der Waals surface area contributed by atoms with Crippen LogP contribution in [0.15, 0.2) is 42.0 Å². The van der Waals surface area contributed by atoms with Crippen molar-refractivity contribution in [2.45, 2.75) is 52.6 Å². The highest BCUT2D eigenvalue weighted by atomic mass is 16.5. The number of rotatable bonds is 2. The maximum Gasteiger partial charge on any atom is 0.131 e. The molecule has 0 unspecified atom stereocenters. The van der Waals surface area contributed by atoms with Crippen LogP contribution in [0, 0.1) is 0 Å². The number of benzene rings is 2. The molecule has 0 amide bonds. The van der Waals surface area contributed by atoms with Crippen molar-refractivity contribution in [3.05, 3.63) is 53.1 Å². The Labute approximate surface area is 127 Å². The van der Waals surface area contributed by atoms with E-state index in [4.69, 9.17) is 4.74 Å². The maximum atomic E-state index is 6.30. The van der Waals surface area contributed by atoms with Gasteiger partial charge in [-0.1, -0.05) is 42.0 Å². The monoisotopic (exact) mass is 280 g/mol. The zero-order valence-electron chi connectivity index (χ0n) is 13.5. The first-order valence-corrected chi connectivity index (χ1v) is 7.82. The first kappa shape index (κ1) is 14.2. The Kier molecular flexibility index (Phi) is 3.52. The summed E-state index contributed by atoms with van der Waals surface area (Å²) in [6, 6.07) is 11.0. The minimum atomic E-state index is -0.0583. The first-order valence-electron chi connectivity index (χ1n) is 7.82. The highest BCUT2D eigenvalue weighted by Crippen LogP contribution is 2.40. The number of aryl methyl sites for hydroxylation is 1. The Morgan fingerprint density at radius 2 is 1.90 bits per heavy atom. The zero-order valence-corrected chi connectivity index (χ0v) is 13.5. The van der Waals surface area contributed by atoms with Crippen LogP contribution < -0.4 is 4.74 Å². The Hall–Kier alpha value is -1.76. The van der Waals surface area contributed by atoms with Crippen molar-refractivity contribution in [3.8, 4) is 5.75 Å². The number of fused-ring (bicyclic) bond motifs is 3. The van der Waals surface area contributed by atoms with Gasteiger partial charge in [-0.2, -0.15) is 0 Å². The molecule has 0 atom stereocenters. The second-order valence-corrected chi connectivity index (χ2v) is 6.92. The molecule has 0 fully saturated rings. The molecular formula is C20H24O. The fourth-order valence-electron chi connectivity index (χ4n) is 3.04. The summed E-state index contributed by atoms with van der Waals surface area (Å²) < 4.78 is 6.30. The highest BCUT2D eigenvalue weighted by Gasteiger charge is 2.28. The van der Waals surface area contributed by atoms with Gasteiger partial charge < -0.3 is 4.74 Å². The van der Waals surface area contributed by atoms with Crippen molar-refractivity contribution in [2.75, 3.05) is 0 Å². The lowest BCUT2D eigenvalue weighted by Gasteiger charge is -2.34. The van der Waals surface area contributed by atoms with E-state index in [2.05, 4.69) is 64.1 Å². The van der Waals surface area contributed by atoms with E-state index >= 15 is 0 Å². The molecule has 0 aromatic heterocycles. The topological polar surface area (TPSA) is 9.23 Å². The molecule has 0 N–H and O–H groups in total. The fraction of sp³-hybridized carbons (Fsp3) is 0.400. The quantitative estimate of drug-likeness (QED) is 0.664. The van der Waals surface area contributed by atoms with Crippen LogP contribution in [0.2, 0.25) is 0 Å². The van der Waals surface area contributed by atoms with E-state index in [0.29, 0.717) is 0 Å². The van der Waals surface area contributed by atoms with E-state index in [-0.39, 0.29) is 5.60 Å². The third-order valence-corrected chi connectivity index (χ3v) is 4.26. The summed E-state index contributed by atoms with van der Waals surface area (Å²) in [6.45, 7) is 8.68. The molecule has 110 valence electrons. The van der Waals surface area contributed by atoms with Crippen LogP contribution in [0.4, 0.5) is 0 Å². The molecule has 1 nitrogen and oxygen atoms in total. The van der Waals surface area contributed by atoms with Crippen molar-refractivity contribution >= 4 is 10.8 Å². The Bertz CT molecular complexity index is 703. The van der Waals surface area contributed by atoms with Gasteiger partial charge in [-0.3, -0.25) is 0 Å². The lowest BCUT2D eigenvalue weighted by Crippen LogP contribution is -2.32. The average molecular weight is 280 g/mol. The van der Waals surface area contributed by atoms with E-state index in [1.807, 2.05) is 0 Å². The molecule has 2 aromatic carbocycles. The molecule has 1 heteroatoms. The first-order chi connectivity index (χ1) is 9.96. The summed E-state index contributed by atoms with van der Waals surface area (Å²) in [5.41, 5.74) is 4.09. The van der Waals surface area contributed by atoms with Crippen LogP contribution in [0.1, 0.15) is 45.2 Å². The molecule has 21 heavy (non-hydrogen) atoms. The minimum Gasteiger partial charge on any atom is -0.487 e. The van der Waals surface area contributed by atoms with Crippen molar-refractivity contribution < 1.29 is 4.74 Å². The standard InChI is InChI=1S/C20H24O/c1-14(2)9-10-15-13-16-11-12-20(3,4)21-19(16)18-8-6-5-7-17(15)18/h5-9,13H,10-12H2,1-4H3. The number of hydrogen-bond donors (Lipinski definition) is 0. The molecule has 0 spiro atoms. The van der Waals surface area contributed by atoms with Gasteiger partial charge in [0, 0.05) is 5.39 Å². The number of allylic oxidation sites excluding steroid dienone is 2. The largest absolute Gasteiger partial charge is 0.487 e.